The number of hydrogen-bond donors (Lipinski definition) is 16. The summed E-state index contributed by atoms with van der Waals surface area (Å²) in [7, 11) is 0. The molecule has 0 radical (unpaired) electrons. The summed E-state index contributed by atoms with van der Waals surface area (Å²) in [6.45, 7) is 12.6. The lowest BCUT2D eigenvalue weighted by Gasteiger charge is -2.73. The maximum absolute atomic E-state index is 14.3. The van der Waals surface area contributed by atoms with Gasteiger partial charge in [0.2, 0.25) is 0 Å². The first-order chi connectivity index (χ1) is 36.4. The van der Waals surface area contributed by atoms with Crippen molar-refractivity contribution < 1.29 is 124 Å². The predicted molar refractivity (Wildman–Crippen MR) is 261 cm³/mol. The number of carboxylic acids is 1. The van der Waals surface area contributed by atoms with Crippen LogP contribution in [-0.2, 0) is 42.7 Å². The van der Waals surface area contributed by atoms with Gasteiger partial charge in [0, 0.05) is 16.7 Å². The Morgan fingerprint density at radius 2 is 1.06 bits per heavy atom. The van der Waals surface area contributed by atoms with E-state index in [0.29, 0.717) is 37.7 Å². The molecular weight excluding hydrogens is 1040 g/mol. The molecule has 4 saturated carbocycles. The maximum atomic E-state index is 14.3. The van der Waals surface area contributed by atoms with E-state index in [9.17, 15) is 86.5 Å². The van der Waals surface area contributed by atoms with Crippen molar-refractivity contribution in [3.05, 3.63) is 11.6 Å². The van der Waals surface area contributed by atoms with Crippen molar-refractivity contribution in [3.63, 3.8) is 0 Å². The third kappa shape index (κ3) is 8.94. The first-order valence-electron chi connectivity index (χ1n) is 27.5. The van der Waals surface area contributed by atoms with Crippen molar-refractivity contribution in [3.8, 4) is 0 Å². The average molecular weight is 1120 g/mol. The Labute approximate surface area is 452 Å². The third-order valence-corrected chi connectivity index (χ3v) is 21.6. The highest BCUT2D eigenvalue weighted by atomic mass is 16.8. The van der Waals surface area contributed by atoms with Gasteiger partial charge in [-0.3, -0.25) is 4.79 Å². The van der Waals surface area contributed by atoms with Crippen LogP contribution in [0.1, 0.15) is 93.9 Å². The fraction of sp³-hybridized carbons (Fsp3) is 0.943. The van der Waals surface area contributed by atoms with Crippen LogP contribution in [0.15, 0.2) is 11.6 Å². The van der Waals surface area contributed by atoms with Crippen molar-refractivity contribution in [1.82, 2.24) is 0 Å². The molecule has 5 aliphatic carbocycles. The number of aliphatic hydroxyl groups is 15. The van der Waals surface area contributed by atoms with Gasteiger partial charge < -0.3 is 120 Å². The van der Waals surface area contributed by atoms with E-state index in [4.69, 9.17) is 37.9 Å². The Bertz CT molecular complexity index is 2190. The quantitative estimate of drug-likeness (QED) is 0.0656. The zero-order valence-corrected chi connectivity index (χ0v) is 45.4. The number of ether oxygens (including phenoxy) is 8. The van der Waals surface area contributed by atoms with Gasteiger partial charge in [-0.2, -0.15) is 0 Å². The molecule has 31 atom stereocenters. The lowest BCUT2D eigenvalue weighted by atomic mass is 9.32. The second-order valence-corrected chi connectivity index (χ2v) is 26.0. The van der Waals surface area contributed by atoms with E-state index < -0.39 is 218 Å². The zero-order valence-electron chi connectivity index (χ0n) is 45.4. The summed E-state index contributed by atoms with van der Waals surface area (Å²) in [5.74, 6) is -3.07. The molecule has 0 aromatic rings. The van der Waals surface area contributed by atoms with E-state index in [2.05, 4.69) is 27.7 Å². The third-order valence-electron chi connectivity index (χ3n) is 21.6. The largest absolute Gasteiger partial charge is 0.481 e. The van der Waals surface area contributed by atoms with Crippen LogP contribution in [-0.4, -0.2) is 255 Å². The van der Waals surface area contributed by atoms with Crippen LogP contribution in [0, 0.1) is 50.2 Å². The molecule has 8 fully saturated rings. The molecule has 0 spiro atoms. The van der Waals surface area contributed by atoms with Crippen LogP contribution in [0.4, 0.5) is 0 Å². The van der Waals surface area contributed by atoms with E-state index in [0.717, 1.165) is 0 Å². The molecule has 4 heterocycles. The van der Waals surface area contributed by atoms with Crippen LogP contribution in [0.25, 0.3) is 0 Å². The number of allylic oxidation sites excluding steroid dienone is 1. The van der Waals surface area contributed by atoms with E-state index in [-0.39, 0.29) is 11.8 Å². The van der Waals surface area contributed by atoms with Gasteiger partial charge in [-0.1, -0.05) is 60.1 Å². The first-order valence-corrected chi connectivity index (χ1v) is 27.5. The monoisotopic (exact) mass is 1120 g/mol. The summed E-state index contributed by atoms with van der Waals surface area (Å²) in [6.07, 6.45) is -33.9. The SMILES string of the molecule is C[C@@H]1O[C@@H](O[C@@H]2[C@@H](O)[C@H](O[C@H]3CC[C@@]4(C)[C@H](CC[C@]5(C)[C@@H]4CC=C4[C@@H]6[C@H](O)C(C)(C)[C@@H](O)[C@H](O[C@H]7O[C@@H](CO)[C@H](O)[C@@H](O[C@H]8O[C@H](CO)[C@H](O)[C@@H]8O)[C@@H]7O)[C@]6(C(=O)O)C[C@H](O)[C@]45C)C3(C)C)O[C@H](CO)[C@H]2O)[C@H](O)[C@H](O)[C@H]1O. The van der Waals surface area contributed by atoms with E-state index in [1.54, 1.807) is 13.8 Å². The molecule has 78 heavy (non-hydrogen) atoms. The Morgan fingerprint density at radius 1 is 0.564 bits per heavy atom. The van der Waals surface area contributed by atoms with Gasteiger partial charge in [0.25, 0.3) is 0 Å². The van der Waals surface area contributed by atoms with Gasteiger partial charge in [0.1, 0.15) is 97.0 Å². The summed E-state index contributed by atoms with van der Waals surface area (Å²) in [5.41, 5.74) is -6.44. The molecule has 9 aliphatic rings. The van der Waals surface area contributed by atoms with Gasteiger partial charge in [-0.15, -0.1) is 0 Å². The number of aliphatic carboxylic acids is 1. The van der Waals surface area contributed by atoms with Gasteiger partial charge in [-0.05, 0) is 73.5 Å². The number of rotatable bonds is 12. The molecule has 448 valence electrons. The Morgan fingerprint density at radius 3 is 1.59 bits per heavy atom. The first kappa shape index (κ1) is 60.9. The highest BCUT2D eigenvalue weighted by Crippen LogP contribution is 2.76. The topological polar surface area (TPSA) is 415 Å². The number of aliphatic hydroxyl groups excluding tert-OH is 15. The molecule has 0 aromatic heterocycles. The van der Waals surface area contributed by atoms with Crippen molar-refractivity contribution in [2.24, 2.45) is 50.2 Å². The molecule has 25 nitrogen and oxygen atoms in total. The van der Waals surface area contributed by atoms with Crippen molar-refractivity contribution in [1.29, 1.82) is 0 Å². The zero-order chi connectivity index (χ0) is 57.5. The van der Waals surface area contributed by atoms with Crippen LogP contribution in [0.2, 0.25) is 0 Å². The standard InChI is InChI=1S/C53H86O25/c1-19-29(58)33(62)35(64)43(71-19)76-38-31(60)22(17-55)73-45(36(38)65)75-27-12-13-50(6)24(48(27,2)3)11-14-51(7)25(50)10-9-20-28-40(67)49(4,5)41(68)42(53(28,47(69)70)15-26(57)52(20,51)8)78-46-37(66)39(32(61)23(18-56)74-46)77-44-34(63)30(59)21(16-54)72-44/h9,19,21-46,54-68H,10-18H2,1-8H3,(H,69,70)/t19-,21+,22+,23-,24+,25+,26-,27-,28+,29-,30-,31+,32-,33+,34-,35+,36+,37-,38-,39+,40-,41-,42-,43-,44+,45-,46+,50-,51+,52-,53-/m0/s1. The molecule has 16 N–H and O–H groups in total. The van der Waals surface area contributed by atoms with Crippen LogP contribution in [0.5, 0.6) is 0 Å². The highest BCUT2D eigenvalue weighted by molar-refractivity contribution is 5.78. The number of carboxylic acid groups (broad SMARTS) is 1. The molecule has 0 aromatic carbocycles. The fourth-order valence-corrected chi connectivity index (χ4v) is 16.6. The van der Waals surface area contributed by atoms with Gasteiger partial charge in [0.05, 0.1) is 50.3 Å². The number of hydrogen-bond acceptors (Lipinski definition) is 24. The minimum Gasteiger partial charge on any atom is -0.481 e. The molecular formula is C53H86O25. The molecule has 4 saturated heterocycles. The highest BCUT2D eigenvalue weighted by Gasteiger charge is 2.77. The summed E-state index contributed by atoms with van der Waals surface area (Å²) in [6, 6.07) is 0. The number of carbonyl (C=O) groups is 1. The van der Waals surface area contributed by atoms with Crippen LogP contribution >= 0.6 is 0 Å². The molecule has 25 heteroatoms. The van der Waals surface area contributed by atoms with Gasteiger partial charge in [0.15, 0.2) is 25.2 Å². The van der Waals surface area contributed by atoms with Gasteiger partial charge in [-0.25, -0.2) is 0 Å². The molecule has 0 bridgehead atoms. The minimum atomic E-state index is -2.31. The summed E-state index contributed by atoms with van der Waals surface area (Å²) in [5, 5.41) is 178. The molecule has 0 amide bonds. The lowest BCUT2D eigenvalue weighted by molar-refractivity contribution is -0.368. The van der Waals surface area contributed by atoms with E-state index in [1.165, 1.54) is 6.92 Å². The van der Waals surface area contributed by atoms with Gasteiger partial charge >= 0.3 is 5.97 Å². The molecule has 0 unspecified atom stereocenters. The lowest BCUT2D eigenvalue weighted by Crippen LogP contribution is -2.76. The second kappa shape index (κ2) is 21.4. The van der Waals surface area contributed by atoms with E-state index in [1.807, 2.05) is 13.0 Å². The summed E-state index contributed by atoms with van der Waals surface area (Å²) < 4.78 is 47.6. The van der Waals surface area contributed by atoms with Crippen molar-refractivity contribution in [2.75, 3.05) is 19.8 Å². The molecule has 4 aliphatic heterocycles. The summed E-state index contributed by atoms with van der Waals surface area (Å²) >= 11 is 0. The maximum Gasteiger partial charge on any atom is 0.313 e. The van der Waals surface area contributed by atoms with E-state index >= 15 is 0 Å². The van der Waals surface area contributed by atoms with Crippen LogP contribution < -0.4 is 0 Å². The smallest absolute Gasteiger partial charge is 0.313 e. The predicted octanol–water partition coefficient (Wildman–Crippen LogP) is -3.92. The fourth-order valence-electron chi connectivity index (χ4n) is 16.6. The number of fused-ring (bicyclic) bond motifs is 7. The Hall–Kier alpha value is -1.71. The van der Waals surface area contributed by atoms with Crippen molar-refractivity contribution in [2.45, 2.75) is 241 Å². The second-order valence-electron chi connectivity index (χ2n) is 26.0. The summed E-state index contributed by atoms with van der Waals surface area (Å²) in [4.78, 5) is 14.3. The van der Waals surface area contributed by atoms with Crippen LogP contribution in [0.3, 0.4) is 0 Å². The normalized spacial score (nSPS) is 55.7. The van der Waals surface area contributed by atoms with Crippen molar-refractivity contribution >= 4 is 5.97 Å². The minimum absolute atomic E-state index is 0.0702. The average Bonchev–Trinajstić information content (AvgIpc) is 3.79. The Balaban J connectivity index is 0.991. The Kier molecular flexibility index (Phi) is 16.7. The molecule has 9 rings (SSSR count).